The van der Waals surface area contributed by atoms with E-state index >= 15 is 0 Å². The highest BCUT2D eigenvalue weighted by atomic mass is 79.9. The second kappa shape index (κ2) is 4.75. The molecule has 4 aromatic rings. The number of nitrogens with zero attached hydrogens (tertiary/aromatic N) is 3. The first-order valence-corrected chi connectivity index (χ1v) is 7.56. The SMILES string of the molecule is S=c1nc(-c2cccc(Br)c2)nc2[nH]c3ccccc3n12. The average Bonchev–Trinajstić information content (AvgIpc) is 2.86. The summed E-state index contributed by atoms with van der Waals surface area (Å²) in [6.07, 6.45) is 0. The Kier molecular flexibility index (Phi) is 2.87. The Morgan fingerprint density at radius 1 is 1.05 bits per heavy atom. The quantitative estimate of drug-likeness (QED) is 0.515. The van der Waals surface area contributed by atoms with E-state index in [1.807, 2.05) is 52.9 Å². The molecule has 1 N–H and O–H groups in total. The van der Waals surface area contributed by atoms with Gasteiger partial charge in [0.1, 0.15) is 0 Å². The predicted molar refractivity (Wildman–Crippen MR) is 88.8 cm³/mol. The average molecular weight is 357 g/mol. The molecular formula is C15H9BrN4S. The summed E-state index contributed by atoms with van der Waals surface area (Å²) in [6.45, 7) is 0. The summed E-state index contributed by atoms with van der Waals surface area (Å²) >= 11 is 8.90. The van der Waals surface area contributed by atoms with Crippen LogP contribution in [-0.2, 0) is 0 Å². The molecule has 0 spiro atoms. The van der Waals surface area contributed by atoms with Gasteiger partial charge in [0.15, 0.2) is 5.82 Å². The van der Waals surface area contributed by atoms with E-state index in [9.17, 15) is 0 Å². The summed E-state index contributed by atoms with van der Waals surface area (Å²) < 4.78 is 3.33. The van der Waals surface area contributed by atoms with Gasteiger partial charge in [-0.3, -0.25) is 4.40 Å². The number of hydrogen-bond acceptors (Lipinski definition) is 3. The number of imidazole rings is 1. The van der Waals surface area contributed by atoms with Gasteiger partial charge in [0.25, 0.3) is 0 Å². The molecule has 0 aliphatic heterocycles. The number of aromatic amines is 1. The minimum atomic E-state index is 0.493. The van der Waals surface area contributed by atoms with Gasteiger partial charge >= 0.3 is 0 Å². The van der Waals surface area contributed by atoms with E-state index < -0.39 is 0 Å². The Balaban J connectivity index is 2.06. The minimum Gasteiger partial charge on any atom is -0.323 e. The standard InChI is InChI=1S/C15H9BrN4S/c16-10-5-3-4-9(8-10)13-18-14-17-11-6-1-2-7-12(11)20(14)15(21)19-13/h1-8H,(H,17,18,19,21). The Labute approximate surface area is 133 Å². The Morgan fingerprint density at radius 3 is 2.76 bits per heavy atom. The van der Waals surface area contributed by atoms with Crippen LogP contribution in [0.25, 0.3) is 28.2 Å². The summed E-state index contributed by atoms with van der Waals surface area (Å²) in [4.78, 5) is 12.3. The molecule has 21 heavy (non-hydrogen) atoms. The first-order valence-electron chi connectivity index (χ1n) is 6.36. The lowest BCUT2D eigenvalue weighted by atomic mass is 10.2. The van der Waals surface area contributed by atoms with Crippen LogP contribution in [0.5, 0.6) is 0 Å². The van der Waals surface area contributed by atoms with E-state index in [1.54, 1.807) is 0 Å². The molecule has 2 aromatic heterocycles. The second-order valence-corrected chi connectivity index (χ2v) is 5.92. The van der Waals surface area contributed by atoms with Crippen molar-refractivity contribution in [3.05, 3.63) is 57.8 Å². The summed E-state index contributed by atoms with van der Waals surface area (Å²) in [7, 11) is 0. The molecule has 0 bridgehead atoms. The van der Waals surface area contributed by atoms with Gasteiger partial charge in [-0.15, -0.1) is 0 Å². The number of nitrogens with one attached hydrogen (secondary N) is 1. The van der Waals surface area contributed by atoms with Gasteiger partial charge < -0.3 is 4.98 Å². The number of H-pyrrole nitrogens is 1. The van der Waals surface area contributed by atoms with Crippen LogP contribution in [0.2, 0.25) is 0 Å². The molecule has 0 fully saturated rings. The van der Waals surface area contributed by atoms with E-state index in [0.29, 0.717) is 16.4 Å². The molecule has 102 valence electrons. The lowest BCUT2D eigenvalue weighted by Crippen LogP contribution is -1.98. The number of para-hydroxylation sites is 2. The third-order valence-electron chi connectivity index (χ3n) is 3.29. The van der Waals surface area contributed by atoms with Crippen LogP contribution in [0.15, 0.2) is 53.0 Å². The molecule has 0 amide bonds. The summed E-state index contributed by atoms with van der Waals surface area (Å²) in [5.41, 5.74) is 2.90. The van der Waals surface area contributed by atoms with Gasteiger partial charge in [-0.25, -0.2) is 0 Å². The molecule has 2 heterocycles. The van der Waals surface area contributed by atoms with Gasteiger partial charge in [-0.05, 0) is 36.5 Å². The topological polar surface area (TPSA) is 46.0 Å². The smallest absolute Gasteiger partial charge is 0.216 e. The molecule has 0 radical (unpaired) electrons. The Hall–Kier alpha value is -2.05. The predicted octanol–water partition coefficient (Wildman–Crippen LogP) is 4.37. The molecule has 0 saturated heterocycles. The van der Waals surface area contributed by atoms with Crippen molar-refractivity contribution in [1.29, 1.82) is 0 Å². The zero-order valence-electron chi connectivity index (χ0n) is 10.7. The zero-order valence-corrected chi connectivity index (χ0v) is 13.1. The van der Waals surface area contributed by atoms with Crippen molar-refractivity contribution >= 4 is 45.0 Å². The van der Waals surface area contributed by atoms with Crippen LogP contribution in [0.1, 0.15) is 0 Å². The van der Waals surface area contributed by atoms with Crippen LogP contribution in [0.4, 0.5) is 0 Å². The van der Waals surface area contributed by atoms with Crippen LogP contribution >= 0.6 is 28.1 Å². The maximum absolute atomic E-state index is 5.44. The molecule has 0 saturated carbocycles. The number of benzene rings is 2. The molecular weight excluding hydrogens is 348 g/mol. The fourth-order valence-corrected chi connectivity index (χ4v) is 3.03. The van der Waals surface area contributed by atoms with E-state index in [1.165, 1.54) is 0 Å². The van der Waals surface area contributed by atoms with Crippen molar-refractivity contribution in [3.8, 4) is 11.4 Å². The summed E-state index contributed by atoms with van der Waals surface area (Å²) in [5.74, 6) is 1.32. The van der Waals surface area contributed by atoms with Gasteiger partial charge in [0, 0.05) is 10.0 Å². The van der Waals surface area contributed by atoms with Crippen molar-refractivity contribution < 1.29 is 0 Å². The minimum absolute atomic E-state index is 0.493. The van der Waals surface area contributed by atoms with Crippen LogP contribution < -0.4 is 0 Å². The maximum Gasteiger partial charge on any atom is 0.216 e. The fourth-order valence-electron chi connectivity index (χ4n) is 2.36. The first-order chi connectivity index (χ1) is 10.2. The van der Waals surface area contributed by atoms with Crippen molar-refractivity contribution in [2.24, 2.45) is 0 Å². The van der Waals surface area contributed by atoms with Crippen molar-refractivity contribution in [1.82, 2.24) is 19.4 Å². The van der Waals surface area contributed by atoms with E-state index in [-0.39, 0.29) is 0 Å². The highest BCUT2D eigenvalue weighted by molar-refractivity contribution is 9.10. The van der Waals surface area contributed by atoms with Crippen molar-refractivity contribution in [2.45, 2.75) is 0 Å². The zero-order chi connectivity index (χ0) is 14.4. The molecule has 6 heteroatoms. The number of fused-ring (bicyclic) bond motifs is 3. The highest BCUT2D eigenvalue weighted by Gasteiger charge is 2.09. The van der Waals surface area contributed by atoms with Gasteiger partial charge in [0.05, 0.1) is 11.0 Å². The Bertz CT molecular complexity index is 1030. The summed E-state index contributed by atoms with van der Waals surface area (Å²) in [6, 6.07) is 15.8. The monoisotopic (exact) mass is 356 g/mol. The lowest BCUT2D eigenvalue weighted by Gasteiger charge is -2.02. The Morgan fingerprint density at radius 2 is 1.90 bits per heavy atom. The van der Waals surface area contributed by atoms with Crippen LogP contribution in [0, 0.1) is 4.77 Å². The second-order valence-electron chi connectivity index (χ2n) is 4.64. The molecule has 0 atom stereocenters. The van der Waals surface area contributed by atoms with Gasteiger partial charge in [-0.2, -0.15) is 9.97 Å². The normalized spacial score (nSPS) is 11.3. The molecule has 0 unspecified atom stereocenters. The number of rotatable bonds is 1. The van der Waals surface area contributed by atoms with Crippen LogP contribution in [-0.4, -0.2) is 19.4 Å². The largest absolute Gasteiger partial charge is 0.323 e. The molecule has 4 rings (SSSR count). The van der Waals surface area contributed by atoms with Gasteiger partial charge in [0.2, 0.25) is 10.5 Å². The van der Waals surface area contributed by atoms with E-state index in [2.05, 4.69) is 30.9 Å². The highest BCUT2D eigenvalue weighted by Crippen LogP contribution is 2.22. The first kappa shape index (κ1) is 12.7. The third-order valence-corrected chi connectivity index (χ3v) is 4.06. The molecule has 0 aliphatic carbocycles. The lowest BCUT2D eigenvalue weighted by molar-refractivity contribution is 1.01. The number of halogens is 1. The number of hydrogen-bond donors (Lipinski definition) is 1. The van der Waals surface area contributed by atoms with E-state index in [0.717, 1.165) is 21.1 Å². The number of aromatic nitrogens is 4. The maximum atomic E-state index is 5.44. The molecule has 4 nitrogen and oxygen atoms in total. The van der Waals surface area contributed by atoms with Crippen LogP contribution in [0.3, 0.4) is 0 Å². The van der Waals surface area contributed by atoms with Crippen molar-refractivity contribution in [2.75, 3.05) is 0 Å². The fraction of sp³-hybridized carbons (Fsp3) is 0. The van der Waals surface area contributed by atoms with E-state index in [4.69, 9.17) is 12.2 Å². The summed E-state index contributed by atoms with van der Waals surface area (Å²) in [5, 5.41) is 0. The van der Waals surface area contributed by atoms with Crippen molar-refractivity contribution in [3.63, 3.8) is 0 Å². The molecule has 2 aromatic carbocycles. The van der Waals surface area contributed by atoms with Gasteiger partial charge in [-0.1, -0.05) is 40.2 Å². The third kappa shape index (κ3) is 2.07. The molecule has 0 aliphatic rings.